The van der Waals surface area contributed by atoms with Crippen molar-refractivity contribution >= 4 is 17.2 Å². The molecule has 1 atom stereocenters. The zero-order chi connectivity index (χ0) is 15.2. The molecule has 1 aromatic carbocycles. The summed E-state index contributed by atoms with van der Waals surface area (Å²) in [7, 11) is 3.47. The summed E-state index contributed by atoms with van der Waals surface area (Å²) in [6.07, 6.45) is 1.27. The molecule has 0 radical (unpaired) electrons. The van der Waals surface area contributed by atoms with Gasteiger partial charge in [-0.2, -0.15) is 4.99 Å². The number of nitrogens with zero attached hydrogens (tertiary/aromatic N) is 2. The van der Waals surface area contributed by atoms with Gasteiger partial charge in [0.15, 0.2) is 4.80 Å². The molecule has 0 saturated heterocycles. The molecule has 21 heavy (non-hydrogen) atoms. The topological polar surface area (TPSA) is 52.8 Å². The highest BCUT2D eigenvalue weighted by atomic mass is 32.1. The van der Waals surface area contributed by atoms with Crippen molar-refractivity contribution < 1.29 is 14.3 Å². The van der Waals surface area contributed by atoms with Gasteiger partial charge in [0.2, 0.25) is 0 Å². The molecule has 1 amide bonds. The summed E-state index contributed by atoms with van der Waals surface area (Å²) in [4.78, 5) is 16.7. The average molecular weight is 306 g/mol. The van der Waals surface area contributed by atoms with Crippen LogP contribution in [0.2, 0.25) is 0 Å². The molecule has 1 heterocycles. The number of amides is 1. The minimum absolute atomic E-state index is 0.282. The van der Waals surface area contributed by atoms with E-state index in [9.17, 15) is 4.79 Å². The van der Waals surface area contributed by atoms with Crippen LogP contribution in [0.3, 0.4) is 0 Å². The van der Waals surface area contributed by atoms with Gasteiger partial charge in [0.05, 0.1) is 13.7 Å². The number of aryl methyl sites for hydroxylation is 1. The molecule has 0 N–H and O–H groups in total. The van der Waals surface area contributed by atoms with Crippen molar-refractivity contribution in [2.24, 2.45) is 12.0 Å². The third kappa shape index (κ3) is 4.27. The predicted octanol–water partition coefficient (Wildman–Crippen LogP) is 2.13. The van der Waals surface area contributed by atoms with E-state index >= 15 is 0 Å². The number of methoxy groups -OCH3 is 1. The van der Waals surface area contributed by atoms with Crippen LogP contribution < -0.4 is 9.54 Å². The molecule has 0 spiro atoms. The fourth-order valence-electron chi connectivity index (χ4n) is 1.67. The molecule has 1 aromatic heterocycles. The molecule has 0 aliphatic rings. The van der Waals surface area contributed by atoms with E-state index in [1.807, 2.05) is 42.9 Å². The second-order valence-corrected chi connectivity index (χ2v) is 5.42. The maximum absolute atomic E-state index is 12.0. The Hall–Kier alpha value is -1.92. The van der Waals surface area contributed by atoms with Crippen molar-refractivity contribution in [1.82, 2.24) is 4.57 Å². The number of rotatable bonds is 5. The Bertz CT molecular complexity index is 675. The van der Waals surface area contributed by atoms with E-state index in [-0.39, 0.29) is 5.91 Å². The van der Waals surface area contributed by atoms with Crippen molar-refractivity contribution in [2.45, 2.75) is 19.6 Å². The SMILES string of the molecule is COc1cccc(COC(C)C(=O)N=c2sccn2C)c1. The number of aromatic nitrogens is 1. The monoisotopic (exact) mass is 306 g/mol. The third-order valence-electron chi connectivity index (χ3n) is 2.95. The van der Waals surface area contributed by atoms with Gasteiger partial charge in [-0.3, -0.25) is 4.79 Å². The quantitative estimate of drug-likeness (QED) is 0.850. The van der Waals surface area contributed by atoms with Crippen molar-refractivity contribution in [2.75, 3.05) is 7.11 Å². The minimum atomic E-state index is -0.585. The molecule has 2 rings (SSSR count). The first kappa shape index (κ1) is 15.5. The zero-order valence-electron chi connectivity index (χ0n) is 12.3. The van der Waals surface area contributed by atoms with E-state index in [4.69, 9.17) is 9.47 Å². The highest BCUT2D eigenvalue weighted by molar-refractivity contribution is 7.07. The molecular weight excluding hydrogens is 288 g/mol. The van der Waals surface area contributed by atoms with Crippen LogP contribution in [0.1, 0.15) is 12.5 Å². The summed E-state index contributed by atoms with van der Waals surface area (Å²) in [5, 5.41) is 1.88. The maximum Gasteiger partial charge on any atom is 0.277 e. The summed E-state index contributed by atoms with van der Waals surface area (Å²) in [5.74, 6) is 0.487. The lowest BCUT2D eigenvalue weighted by Gasteiger charge is -2.10. The summed E-state index contributed by atoms with van der Waals surface area (Å²) < 4.78 is 12.5. The lowest BCUT2D eigenvalue weighted by Crippen LogP contribution is -2.22. The smallest absolute Gasteiger partial charge is 0.277 e. The summed E-state index contributed by atoms with van der Waals surface area (Å²) in [6.45, 7) is 2.05. The van der Waals surface area contributed by atoms with E-state index in [1.54, 1.807) is 18.6 Å². The summed E-state index contributed by atoms with van der Waals surface area (Å²) in [5.41, 5.74) is 0.954. The Morgan fingerprint density at radius 3 is 2.95 bits per heavy atom. The fourth-order valence-corrected chi connectivity index (χ4v) is 2.41. The molecule has 0 aliphatic heterocycles. The van der Waals surface area contributed by atoms with Crippen LogP contribution in [0.15, 0.2) is 40.8 Å². The van der Waals surface area contributed by atoms with Crippen LogP contribution >= 0.6 is 11.3 Å². The van der Waals surface area contributed by atoms with Crippen molar-refractivity contribution in [3.05, 3.63) is 46.2 Å². The van der Waals surface area contributed by atoms with Crippen molar-refractivity contribution in [3.8, 4) is 5.75 Å². The zero-order valence-corrected chi connectivity index (χ0v) is 13.1. The number of hydrogen-bond donors (Lipinski definition) is 0. The molecule has 2 aromatic rings. The first-order valence-electron chi connectivity index (χ1n) is 6.53. The third-order valence-corrected chi connectivity index (χ3v) is 3.80. The van der Waals surface area contributed by atoms with Gasteiger partial charge in [-0.25, -0.2) is 0 Å². The number of carbonyl (C=O) groups is 1. The first-order valence-corrected chi connectivity index (χ1v) is 7.41. The highest BCUT2D eigenvalue weighted by Crippen LogP contribution is 2.14. The van der Waals surface area contributed by atoms with Crippen molar-refractivity contribution in [3.63, 3.8) is 0 Å². The molecule has 0 bridgehead atoms. The molecule has 5 nitrogen and oxygen atoms in total. The number of benzene rings is 1. The Kier molecular flexibility index (Phi) is 5.30. The maximum atomic E-state index is 12.0. The van der Waals surface area contributed by atoms with Gasteiger partial charge in [-0.1, -0.05) is 12.1 Å². The highest BCUT2D eigenvalue weighted by Gasteiger charge is 2.13. The van der Waals surface area contributed by atoms with E-state index in [0.717, 1.165) is 11.3 Å². The van der Waals surface area contributed by atoms with Gasteiger partial charge >= 0.3 is 0 Å². The summed E-state index contributed by atoms with van der Waals surface area (Å²) in [6, 6.07) is 7.56. The van der Waals surface area contributed by atoms with Gasteiger partial charge in [0.25, 0.3) is 5.91 Å². The first-order chi connectivity index (χ1) is 10.1. The Balaban J connectivity index is 1.97. The van der Waals surface area contributed by atoms with E-state index in [2.05, 4.69) is 4.99 Å². The normalized spacial score (nSPS) is 13.2. The van der Waals surface area contributed by atoms with Crippen LogP contribution in [0.4, 0.5) is 0 Å². The largest absolute Gasteiger partial charge is 0.497 e. The molecular formula is C15H18N2O3S. The Labute approximate surface area is 127 Å². The Morgan fingerprint density at radius 1 is 1.48 bits per heavy atom. The van der Waals surface area contributed by atoms with Gasteiger partial charge in [0, 0.05) is 18.6 Å². The fraction of sp³-hybridized carbons (Fsp3) is 0.333. The van der Waals surface area contributed by atoms with Gasteiger partial charge < -0.3 is 14.0 Å². The van der Waals surface area contributed by atoms with Crippen LogP contribution in [-0.2, 0) is 23.2 Å². The van der Waals surface area contributed by atoms with Crippen LogP contribution in [0, 0.1) is 0 Å². The van der Waals surface area contributed by atoms with E-state index in [0.29, 0.717) is 11.4 Å². The van der Waals surface area contributed by atoms with E-state index < -0.39 is 6.10 Å². The predicted molar refractivity (Wildman–Crippen MR) is 81.1 cm³/mol. The second-order valence-electron chi connectivity index (χ2n) is 4.55. The Morgan fingerprint density at radius 2 is 2.29 bits per heavy atom. The average Bonchev–Trinajstić information content (AvgIpc) is 2.90. The minimum Gasteiger partial charge on any atom is -0.497 e. The molecule has 112 valence electrons. The number of carbonyl (C=O) groups excluding carboxylic acids is 1. The number of thiazole rings is 1. The van der Waals surface area contributed by atoms with Gasteiger partial charge in [-0.15, -0.1) is 11.3 Å². The number of hydrogen-bond acceptors (Lipinski definition) is 4. The lowest BCUT2D eigenvalue weighted by molar-refractivity contribution is -0.129. The van der Waals surface area contributed by atoms with Gasteiger partial charge in [0.1, 0.15) is 11.9 Å². The van der Waals surface area contributed by atoms with Crippen LogP contribution in [0.25, 0.3) is 0 Å². The van der Waals surface area contributed by atoms with Crippen LogP contribution in [-0.4, -0.2) is 23.7 Å². The standard InChI is InChI=1S/C15H18N2O3S/c1-11(14(18)16-15-17(2)7-8-21-15)20-10-12-5-4-6-13(9-12)19-3/h4-9,11H,10H2,1-3H3. The molecule has 6 heteroatoms. The molecule has 1 unspecified atom stereocenters. The molecule has 0 saturated carbocycles. The molecule has 0 aliphatic carbocycles. The van der Waals surface area contributed by atoms with Crippen LogP contribution in [0.5, 0.6) is 5.75 Å². The lowest BCUT2D eigenvalue weighted by atomic mass is 10.2. The van der Waals surface area contributed by atoms with Gasteiger partial charge in [-0.05, 0) is 24.6 Å². The summed E-state index contributed by atoms with van der Waals surface area (Å²) >= 11 is 1.42. The second kappa shape index (κ2) is 7.19. The molecule has 0 fully saturated rings. The number of ether oxygens (including phenoxy) is 2. The van der Waals surface area contributed by atoms with E-state index in [1.165, 1.54) is 11.3 Å². The van der Waals surface area contributed by atoms with Crippen molar-refractivity contribution in [1.29, 1.82) is 0 Å².